The van der Waals surface area contributed by atoms with Crippen LogP contribution in [0.1, 0.15) is 205 Å². The first-order valence-electron chi connectivity index (χ1n) is 19.9. The second-order valence-electron chi connectivity index (χ2n) is 14.1. The molecular formula is C42H74N2. The van der Waals surface area contributed by atoms with Crippen LogP contribution < -0.4 is 0 Å². The summed E-state index contributed by atoms with van der Waals surface area (Å²) in [5, 5.41) is 0. The Kier molecular flexibility index (Phi) is 25.3. The third kappa shape index (κ3) is 20.5. The molecule has 2 rings (SSSR count). The maximum Gasteiger partial charge on any atom is 0.0948 e. The van der Waals surface area contributed by atoms with Crippen molar-refractivity contribution in [3.8, 4) is 0 Å². The molecule has 1 aromatic carbocycles. The van der Waals surface area contributed by atoms with E-state index < -0.39 is 0 Å². The van der Waals surface area contributed by atoms with Gasteiger partial charge in [-0.3, -0.25) is 0 Å². The lowest BCUT2D eigenvalue weighted by Gasteiger charge is -2.29. The fourth-order valence-electron chi connectivity index (χ4n) is 7.24. The van der Waals surface area contributed by atoms with Gasteiger partial charge in [0.05, 0.1) is 6.33 Å². The van der Waals surface area contributed by atoms with Crippen molar-refractivity contribution >= 4 is 0 Å². The van der Waals surface area contributed by atoms with E-state index in [1.807, 2.05) is 6.20 Å². The lowest BCUT2D eigenvalue weighted by atomic mass is 9.84. The van der Waals surface area contributed by atoms with Crippen molar-refractivity contribution in [3.63, 3.8) is 0 Å². The smallest absolute Gasteiger partial charge is 0.0948 e. The highest BCUT2D eigenvalue weighted by Crippen LogP contribution is 2.32. The van der Waals surface area contributed by atoms with Gasteiger partial charge in [0.1, 0.15) is 0 Å². The Bertz CT molecular complexity index is 814. The van der Waals surface area contributed by atoms with Gasteiger partial charge in [-0.25, -0.2) is 4.98 Å². The number of hydrogen-bond acceptors (Lipinski definition) is 1. The van der Waals surface area contributed by atoms with Crippen molar-refractivity contribution in [3.05, 3.63) is 54.6 Å². The van der Waals surface area contributed by atoms with Gasteiger partial charge in [-0.1, -0.05) is 211 Å². The molecule has 0 aliphatic carbocycles. The highest BCUT2D eigenvalue weighted by molar-refractivity contribution is 5.15. The Morgan fingerprint density at radius 2 is 0.909 bits per heavy atom. The fourth-order valence-corrected chi connectivity index (χ4v) is 7.24. The average molecular weight is 607 g/mol. The van der Waals surface area contributed by atoms with Crippen LogP contribution in [0.2, 0.25) is 0 Å². The van der Waals surface area contributed by atoms with E-state index in [1.165, 1.54) is 192 Å². The van der Waals surface area contributed by atoms with Crippen molar-refractivity contribution in [2.24, 2.45) is 5.92 Å². The first kappa shape index (κ1) is 38.6. The van der Waals surface area contributed by atoms with Crippen molar-refractivity contribution in [2.75, 3.05) is 0 Å². The molecule has 44 heavy (non-hydrogen) atoms. The van der Waals surface area contributed by atoms with Crippen molar-refractivity contribution in [2.45, 2.75) is 206 Å². The van der Waals surface area contributed by atoms with Crippen LogP contribution in [-0.2, 0) is 6.42 Å². The Balaban J connectivity index is 1.68. The van der Waals surface area contributed by atoms with E-state index in [1.54, 1.807) is 0 Å². The summed E-state index contributed by atoms with van der Waals surface area (Å²) in [6.07, 6.45) is 47.2. The summed E-state index contributed by atoms with van der Waals surface area (Å²) in [4.78, 5) is 4.48. The predicted molar refractivity (Wildman–Crippen MR) is 196 cm³/mol. The third-order valence-corrected chi connectivity index (χ3v) is 10.1. The Hall–Kier alpha value is -1.57. The Labute approximate surface area is 275 Å². The number of benzene rings is 1. The van der Waals surface area contributed by atoms with Crippen LogP contribution in [0.4, 0.5) is 0 Å². The minimum atomic E-state index is 0.572. The summed E-state index contributed by atoms with van der Waals surface area (Å²) in [6.45, 7) is 4.62. The largest absolute Gasteiger partial charge is 0.334 e. The summed E-state index contributed by atoms with van der Waals surface area (Å²) >= 11 is 0. The summed E-state index contributed by atoms with van der Waals surface area (Å²) < 4.78 is 2.45. The summed E-state index contributed by atoms with van der Waals surface area (Å²) in [5.74, 6) is 0.691. The predicted octanol–water partition coefficient (Wildman–Crippen LogP) is 14.2. The summed E-state index contributed by atoms with van der Waals surface area (Å²) in [6, 6.07) is 11.8. The SMILES string of the molecule is CCCCCCCCCCCCCCCCC(Cc1ccccc1)C(CCCCCCCCCCCCCC)n1ccnc1. The molecular weight excluding hydrogens is 532 g/mol. The molecule has 0 fully saturated rings. The quantitative estimate of drug-likeness (QED) is 0.0757. The van der Waals surface area contributed by atoms with Crippen LogP contribution in [-0.4, -0.2) is 9.55 Å². The average Bonchev–Trinajstić information content (AvgIpc) is 3.58. The molecule has 0 saturated heterocycles. The van der Waals surface area contributed by atoms with Crippen molar-refractivity contribution in [1.29, 1.82) is 0 Å². The lowest BCUT2D eigenvalue weighted by molar-refractivity contribution is 0.275. The zero-order chi connectivity index (χ0) is 31.2. The van der Waals surface area contributed by atoms with E-state index in [-0.39, 0.29) is 0 Å². The molecule has 0 bridgehead atoms. The lowest BCUT2D eigenvalue weighted by Crippen LogP contribution is -2.21. The fraction of sp³-hybridized carbons (Fsp3) is 0.786. The molecule has 0 aliphatic heterocycles. The number of nitrogens with zero attached hydrogens (tertiary/aromatic N) is 2. The minimum Gasteiger partial charge on any atom is -0.334 e. The highest BCUT2D eigenvalue weighted by Gasteiger charge is 2.23. The normalized spacial score (nSPS) is 13.0. The number of aromatic nitrogens is 2. The maximum atomic E-state index is 4.48. The van der Waals surface area contributed by atoms with Crippen molar-refractivity contribution in [1.82, 2.24) is 9.55 Å². The van der Waals surface area contributed by atoms with E-state index in [9.17, 15) is 0 Å². The Morgan fingerprint density at radius 3 is 1.32 bits per heavy atom. The van der Waals surface area contributed by atoms with Gasteiger partial charge in [-0.05, 0) is 30.7 Å². The molecule has 2 atom stereocenters. The number of unbranched alkanes of at least 4 members (excludes halogenated alkanes) is 24. The van der Waals surface area contributed by atoms with E-state index in [2.05, 4.69) is 66.3 Å². The number of hydrogen-bond donors (Lipinski definition) is 0. The van der Waals surface area contributed by atoms with Gasteiger partial charge in [0.25, 0.3) is 0 Å². The van der Waals surface area contributed by atoms with Crippen LogP contribution in [0.25, 0.3) is 0 Å². The maximum absolute atomic E-state index is 4.48. The molecule has 2 aromatic rings. The molecule has 2 nitrogen and oxygen atoms in total. The van der Waals surface area contributed by atoms with Gasteiger partial charge >= 0.3 is 0 Å². The molecule has 0 amide bonds. The topological polar surface area (TPSA) is 17.8 Å². The van der Waals surface area contributed by atoms with E-state index in [0.29, 0.717) is 12.0 Å². The van der Waals surface area contributed by atoms with Crippen LogP contribution in [0, 0.1) is 5.92 Å². The van der Waals surface area contributed by atoms with E-state index in [4.69, 9.17) is 0 Å². The molecule has 2 unspecified atom stereocenters. The molecule has 252 valence electrons. The first-order valence-corrected chi connectivity index (χ1v) is 19.9. The van der Waals surface area contributed by atoms with Crippen molar-refractivity contribution < 1.29 is 0 Å². The van der Waals surface area contributed by atoms with E-state index >= 15 is 0 Å². The standard InChI is InChI=1S/C42H74N2/c1-3-5-7-9-11-13-15-17-18-19-21-23-25-30-34-41(38-40-32-28-27-29-33-40)42(44-37-36-43-39-44)35-31-26-24-22-20-16-14-12-10-8-6-4-2/h27-29,32-33,36-37,39,41-42H,3-26,30-31,34-35,38H2,1-2H3. The van der Waals surface area contributed by atoms with Gasteiger partial charge in [0, 0.05) is 18.4 Å². The molecule has 0 radical (unpaired) electrons. The van der Waals surface area contributed by atoms with E-state index in [0.717, 1.165) is 0 Å². The molecule has 1 aromatic heterocycles. The van der Waals surface area contributed by atoms with Gasteiger partial charge in [0.15, 0.2) is 0 Å². The zero-order valence-electron chi connectivity index (χ0n) is 29.7. The van der Waals surface area contributed by atoms with Crippen LogP contribution in [0.3, 0.4) is 0 Å². The molecule has 2 heteroatoms. The number of rotatable bonds is 32. The Morgan fingerprint density at radius 1 is 0.500 bits per heavy atom. The van der Waals surface area contributed by atoms with Crippen LogP contribution >= 0.6 is 0 Å². The third-order valence-electron chi connectivity index (χ3n) is 10.1. The number of imidazole rings is 1. The molecule has 0 saturated carbocycles. The van der Waals surface area contributed by atoms with Gasteiger partial charge in [-0.15, -0.1) is 0 Å². The second kappa shape index (κ2) is 28.9. The van der Waals surface area contributed by atoms with Crippen LogP contribution in [0.5, 0.6) is 0 Å². The van der Waals surface area contributed by atoms with Gasteiger partial charge in [0.2, 0.25) is 0 Å². The first-order chi connectivity index (χ1) is 21.8. The molecule has 0 aliphatic rings. The highest BCUT2D eigenvalue weighted by atomic mass is 15.1. The van der Waals surface area contributed by atoms with Crippen LogP contribution in [0.15, 0.2) is 49.1 Å². The summed E-state index contributed by atoms with van der Waals surface area (Å²) in [5.41, 5.74) is 1.50. The van der Waals surface area contributed by atoms with Gasteiger partial charge < -0.3 is 4.57 Å². The molecule has 0 N–H and O–H groups in total. The van der Waals surface area contributed by atoms with Gasteiger partial charge in [-0.2, -0.15) is 0 Å². The molecule has 1 heterocycles. The summed E-state index contributed by atoms with van der Waals surface area (Å²) in [7, 11) is 0. The monoisotopic (exact) mass is 607 g/mol. The minimum absolute atomic E-state index is 0.572. The molecule has 0 spiro atoms. The zero-order valence-corrected chi connectivity index (χ0v) is 29.7. The second-order valence-corrected chi connectivity index (χ2v) is 14.1.